The summed E-state index contributed by atoms with van der Waals surface area (Å²) in [5.74, 6) is 0. The molecule has 0 radical (unpaired) electrons. The van der Waals surface area contributed by atoms with E-state index in [9.17, 15) is 0 Å². The summed E-state index contributed by atoms with van der Waals surface area (Å²) in [5.41, 5.74) is 0. The van der Waals surface area contributed by atoms with Crippen molar-refractivity contribution in [1.82, 2.24) is 0 Å². The third-order valence-corrected chi connectivity index (χ3v) is 1.89. The second-order valence-corrected chi connectivity index (χ2v) is 3.92. The summed E-state index contributed by atoms with van der Waals surface area (Å²) in [7, 11) is -4.22. The molecule has 0 aliphatic rings. The van der Waals surface area contributed by atoms with Crippen LogP contribution in [0.4, 0.5) is 0 Å². The van der Waals surface area contributed by atoms with Crippen molar-refractivity contribution >= 4 is 38.6 Å². The predicted molar refractivity (Wildman–Crippen MR) is 49.7 cm³/mol. The molecule has 4 nitrogen and oxygen atoms in total. The molecule has 3 N–H and O–H groups in total. The molecule has 0 saturated heterocycles. The molecule has 0 unspecified atom stereocenters. The van der Waals surface area contributed by atoms with E-state index in [4.69, 9.17) is 14.4 Å². The summed E-state index contributed by atoms with van der Waals surface area (Å²) in [6, 6.07) is 0. The molecule has 0 heterocycles. The van der Waals surface area contributed by atoms with Crippen LogP contribution in [-0.4, -0.2) is 59.6 Å². The fraction of sp³-hybridized carbons (Fsp3) is 1.00. The van der Waals surface area contributed by atoms with Crippen molar-refractivity contribution in [3.8, 4) is 0 Å². The first-order chi connectivity index (χ1) is 5.06. The van der Waals surface area contributed by atoms with E-state index in [1.807, 2.05) is 0 Å². The molecule has 70 valence electrons. The van der Waals surface area contributed by atoms with Gasteiger partial charge in [-0.1, -0.05) is 26.2 Å². The molecule has 0 rings (SSSR count). The molecule has 0 aromatic heterocycles. The van der Waals surface area contributed by atoms with Crippen molar-refractivity contribution in [2.75, 3.05) is 6.61 Å². The number of rotatable bonds is 6. The Bertz CT molecular complexity index is 96.0. The second kappa shape index (κ2) is 8.65. The van der Waals surface area contributed by atoms with Crippen LogP contribution in [0, 0.1) is 0 Å². The van der Waals surface area contributed by atoms with E-state index in [-0.39, 0.29) is 36.2 Å². The summed E-state index contributed by atoms with van der Waals surface area (Å²) in [6.45, 7) is 2.32. The Morgan fingerprint density at radius 2 is 1.67 bits per heavy atom. The zero-order valence-corrected chi connectivity index (χ0v) is 7.79. The summed E-state index contributed by atoms with van der Waals surface area (Å²) in [5, 5.41) is 0. The van der Waals surface area contributed by atoms with Gasteiger partial charge in [-0.2, -0.15) is 0 Å². The molecule has 0 aliphatic heterocycles. The van der Waals surface area contributed by atoms with Crippen LogP contribution in [0.25, 0.3) is 0 Å². The van der Waals surface area contributed by atoms with E-state index >= 15 is 0 Å². The Morgan fingerprint density at radius 1 is 1.08 bits per heavy atom. The quantitative estimate of drug-likeness (QED) is 0.397. The Labute approximate surface area is 96.3 Å². The Morgan fingerprint density at radius 3 is 2.08 bits per heavy atom. The van der Waals surface area contributed by atoms with Gasteiger partial charge in [-0.3, -0.25) is 0 Å². The van der Waals surface area contributed by atoms with Gasteiger partial charge in [0.1, 0.15) is 0 Å². The van der Waals surface area contributed by atoms with Crippen LogP contribution in [0.5, 0.6) is 0 Å². The molecule has 0 aromatic rings. The van der Waals surface area contributed by atoms with Gasteiger partial charge in [-0.25, -0.2) is 0 Å². The van der Waals surface area contributed by atoms with Gasteiger partial charge in [0.25, 0.3) is 0 Å². The van der Waals surface area contributed by atoms with Gasteiger partial charge in [-0.05, 0) is 6.42 Å². The molecule has 0 aromatic carbocycles. The van der Waals surface area contributed by atoms with Crippen LogP contribution in [0.1, 0.15) is 32.6 Å². The SMILES string of the molecule is CCCCCCO[Si](O)(O)O.[NaH]. The van der Waals surface area contributed by atoms with E-state index < -0.39 is 9.05 Å². The van der Waals surface area contributed by atoms with E-state index in [1.54, 1.807) is 0 Å². The summed E-state index contributed by atoms with van der Waals surface area (Å²) < 4.78 is 4.38. The Hall–Kier alpha value is 1.06. The van der Waals surface area contributed by atoms with Crippen LogP contribution in [0.2, 0.25) is 0 Å². The normalized spacial score (nSPS) is 11.0. The maximum atomic E-state index is 8.40. The standard InChI is InChI=1S/C6H16O4Si.Na.H/c1-2-3-4-5-6-10-11(7,8)9;;/h7-9H,2-6H2,1H3;;. The molecule has 0 atom stereocenters. The topological polar surface area (TPSA) is 69.9 Å². The van der Waals surface area contributed by atoms with Gasteiger partial charge < -0.3 is 18.8 Å². The Balaban J connectivity index is 0. The molecule has 6 heteroatoms. The van der Waals surface area contributed by atoms with Crippen molar-refractivity contribution < 1.29 is 18.8 Å². The molecular weight excluding hydrogens is 187 g/mol. The molecule has 0 fully saturated rings. The van der Waals surface area contributed by atoms with E-state index in [0.717, 1.165) is 25.7 Å². The summed E-state index contributed by atoms with van der Waals surface area (Å²) in [6.07, 6.45) is 4.01. The average Bonchev–Trinajstić information content (AvgIpc) is 1.85. The van der Waals surface area contributed by atoms with E-state index in [1.165, 1.54) is 0 Å². The van der Waals surface area contributed by atoms with Crippen LogP contribution in [-0.2, 0) is 4.43 Å². The first-order valence-corrected chi connectivity index (χ1v) is 5.62. The van der Waals surface area contributed by atoms with Gasteiger partial charge in [0.2, 0.25) is 0 Å². The molecule has 0 amide bonds. The molecule has 0 bridgehead atoms. The molecular formula is C6H17NaO4Si. The molecule has 0 spiro atoms. The zero-order chi connectivity index (χ0) is 8.74. The van der Waals surface area contributed by atoms with Crippen LogP contribution < -0.4 is 0 Å². The zero-order valence-electron chi connectivity index (χ0n) is 6.79. The van der Waals surface area contributed by atoms with Crippen LogP contribution in [0.15, 0.2) is 0 Å². The van der Waals surface area contributed by atoms with Gasteiger partial charge in [0.05, 0.1) is 0 Å². The Kier molecular flexibility index (Phi) is 11.2. The van der Waals surface area contributed by atoms with E-state index in [2.05, 4.69) is 11.3 Å². The minimum absolute atomic E-state index is 0. The van der Waals surface area contributed by atoms with Crippen molar-refractivity contribution in [2.24, 2.45) is 0 Å². The summed E-state index contributed by atoms with van der Waals surface area (Å²) >= 11 is 0. The van der Waals surface area contributed by atoms with Gasteiger partial charge in [-0.15, -0.1) is 0 Å². The second-order valence-electron chi connectivity index (χ2n) is 2.48. The number of hydrogen-bond donors (Lipinski definition) is 3. The minimum atomic E-state index is -4.22. The van der Waals surface area contributed by atoms with Crippen LogP contribution >= 0.6 is 0 Å². The average molecular weight is 204 g/mol. The fourth-order valence-corrected chi connectivity index (χ4v) is 1.16. The predicted octanol–water partition coefficient (Wildman–Crippen LogP) is -0.653. The maximum absolute atomic E-state index is 8.40. The van der Waals surface area contributed by atoms with Crippen molar-refractivity contribution in [3.05, 3.63) is 0 Å². The third-order valence-electron chi connectivity index (χ3n) is 1.29. The summed E-state index contributed by atoms with van der Waals surface area (Å²) in [4.78, 5) is 25.2. The third kappa shape index (κ3) is 13.6. The van der Waals surface area contributed by atoms with Gasteiger partial charge >= 0.3 is 38.6 Å². The first-order valence-electron chi connectivity index (χ1n) is 3.87. The number of unbranched alkanes of at least 4 members (excludes halogenated alkanes) is 3. The monoisotopic (exact) mass is 204 g/mol. The molecule has 0 aliphatic carbocycles. The van der Waals surface area contributed by atoms with Gasteiger partial charge in [0, 0.05) is 6.61 Å². The van der Waals surface area contributed by atoms with Crippen molar-refractivity contribution in [2.45, 2.75) is 32.6 Å². The molecule has 0 saturated carbocycles. The van der Waals surface area contributed by atoms with Crippen LogP contribution in [0.3, 0.4) is 0 Å². The van der Waals surface area contributed by atoms with E-state index in [0.29, 0.717) is 0 Å². The molecule has 12 heavy (non-hydrogen) atoms. The van der Waals surface area contributed by atoms with Crippen molar-refractivity contribution in [1.29, 1.82) is 0 Å². The number of hydrogen-bond acceptors (Lipinski definition) is 4. The first kappa shape index (κ1) is 15.5. The van der Waals surface area contributed by atoms with Crippen molar-refractivity contribution in [3.63, 3.8) is 0 Å². The van der Waals surface area contributed by atoms with Gasteiger partial charge in [0.15, 0.2) is 0 Å². The fourth-order valence-electron chi connectivity index (χ4n) is 0.738.